The molecule has 3 rings (SSSR count). The molecule has 0 aliphatic carbocycles. The number of hydrogen-bond acceptors (Lipinski definition) is 7. The molecule has 0 aliphatic rings. The van der Waals surface area contributed by atoms with Crippen molar-refractivity contribution in [1.82, 2.24) is 5.32 Å². The number of carbonyl (C=O) groups excluding carboxylic acids is 1. The second kappa shape index (κ2) is 10.9. The maximum Gasteiger partial charge on any atom is 0.297 e. The zero-order chi connectivity index (χ0) is 24.8. The van der Waals surface area contributed by atoms with E-state index < -0.39 is 38.9 Å². The summed E-state index contributed by atoms with van der Waals surface area (Å²) in [4.78, 5) is 12.2. The highest BCUT2D eigenvalue weighted by Crippen LogP contribution is 2.18. The monoisotopic (exact) mass is 503 g/mol. The lowest BCUT2D eigenvalue weighted by atomic mass is 10.2. The number of nitrogens with one attached hydrogen (secondary N) is 1. The van der Waals surface area contributed by atoms with Gasteiger partial charge in [0.2, 0.25) is 0 Å². The van der Waals surface area contributed by atoms with Crippen LogP contribution in [0.5, 0.6) is 0 Å². The molecule has 180 valence electrons. The van der Waals surface area contributed by atoms with Crippen molar-refractivity contribution in [3.8, 4) is 0 Å². The van der Waals surface area contributed by atoms with Crippen LogP contribution in [0.15, 0.2) is 88.7 Å². The zero-order valence-corrected chi connectivity index (χ0v) is 20.3. The van der Waals surface area contributed by atoms with Crippen LogP contribution in [0.2, 0.25) is 0 Å². The van der Waals surface area contributed by atoms with Gasteiger partial charge >= 0.3 is 0 Å². The van der Waals surface area contributed by atoms with Crippen molar-refractivity contribution in [2.45, 2.75) is 29.7 Å². The molecule has 34 heavy (non-hydrogen) atoms. The molecule has 1 unspecified atom stereocenters. The van der Waals surface area contributed by atoms with E-state index in [4.69, 9.17) is 8.37 Å². The van der Waals surface area contributed by atoms with E-state index in [1.54, 1.807) is 54.6 Å². The Morgan fingerprint density at radius 2 is 1.26 bits per heavy atom. The molecule has 0 aliphatic heterocycles. The number of carbonyl (C=O) groups is 1. The average Bonchev–Trinajstić information content (AvgIpc) is 2.81. The molecule has 0 saturated carbocycles. The summed E-state index contributed by atoms with van der Waals surface area (Å²) < 4.78 is 61.0. The molecule has 3 aromatic carbocycles. The van der Waals surface area contributed by atoms with Gasteiger partial charge in [-0.2, -0.15) is 16.8 Å². The van der Waals surface area contributed by atoms with Gasteiger partial charge in [-0.3, -0.25) is 13.2 Å². The standard InChI is InChI=1S/C24H25NO7S2/c1-18-8-12-22(13-9-18)33(27,28)31-17-21(16-25-24(26)20-6-4-3-5-7-20)32-34(29,30)23-14-10-19(2)11-15-23/h3-15,21H,16-17H2,1-2H3,(H,25,26). The maximum atomic E-state index is 12.8. The Kier molecular flexibility index (Phi) is 8.21. The predicted molar refractivity (Wildman–Crippen MR) is 126 cm³/mol. The van der Waals surface area contributed by atoms with Gasteiger partial charge in [0, 0.05) is 12.1 Å². The lowest BCUT2D eigenvalue weighted by molar-refractivity contribution is 0.0901. The van der Waals surface area contributed by atoms with Crippen LogP contribution in [0.3, 0.4) is 0 Å². The third-order valence-electron chi connectivity index (χ3n) is 4.82. The maximum absolute atomic E-state index is 12.8. The van der Waals surface area contributed by atoms with E-state index in [1.165, 1.54) is 24.3 Å². The Hall–Kier alpha value is -3.05. The number of rotatable bonds is 10. The molecule has 0 heterocycles. The molecular weight excluding hydrogens is 478 g/mol. The Bertz CT molecular complexity index is 1320. The smallest absolute Gasteiger partial charge is 0.297 e. The molecule has 0 fully saturated rings. The third-order valence-corrected chi connectivity index (χ3v) is 7.49. The molecule has 0 spiro atoms. The van der Waals surface area contributed by atoms with Gasteiger partial charge in [-0.15, -0.1) is 0 Å². The Labute approximate surface area is 199 Å². The topological polar surface area (TPSA) is 116 Å². The van der Waals surface area contributed by atoms with Crippen molar-refractivity contribution in [2.24, 2.45) is 0 Å². The van der Waals surface area contributed by atoms with Crippen molar-refractivity contribution in [3.05, 3.63) is 95.6 Å². The molecule has 8 nitrogen and oxygen atoms in total. The van der Waals surface area contributed by atoms with Crippen LogP contribution < -0.4 is 5.32 Å². The van der Waals surface area contributed by atoms with Gasteiger partial charge in [0.05, 0.1) is 16.4 Å². The SMILES string of the molecule is Cc1ccc(S(=O)(=O)OCC(CNC(=O)c2ccccc2)OS(=O)(=O)c2ccc(C)cc2)cc1. The zero-order valence-electron chi connectivity index (χ0n) is 18.7. The predicted octanol–water partition coefficient (Wildman–Crippen LogP) is 3.21. The first-order chi connectivity index (χ1) is 16.1. The Morgan fingerprint density at radius 1 is 0.765 bits per heavy atom. The highest BCUT2D eigenvalue weighted by molar-refractivity contribution is 7.87. The van der Waals surface area contributed by atoms with Crippen LogP contribution in [0.1, 0.15) is 21.5 Å². The van der Waals surface area contributed by atoms with E-state index in [2.05, 4.69) is 5.32 Å². The molecule has 1 amide bonds. The van der Waals surface area contributed by atoms with Gasteiger partial charge in [-0.1, -0.05) is 53.6 Å². The fraction of sp³-hybridized carbons (Fsp3) is 0.208. The van der Waals surface area contributed by atoms with E-state index in [0.29, 0.717) is 5.56 Å². The second-order valence-corrected chi connectivity index (χ2v) is 10.8. The Balaban J connectivity index is 1.77. The van der Waals surface area contributed by atoms with Crippen LogP contribution in [-0.2, 0) is 28.6 Å². The first-order valence-electron chi connectivity index (χ1n) is 10.4. The molecule has 3 aromatic rings. The highest BCUT2D eigenvalue weighted by atomic mass is 32.2. The molecule has 1 N–H and O–H groups in total. The molecule has 10 heteroatoms. The quantitative estimate of drug-likeness (QED) is 0.422. The van der Waals surface area contributed by atoms with Crippen molar-refractivity contribution in [3.63, 3.8) is 0 Å². The number of hydrogen-bond donors (Lipinski definition) is 1. The average molecular weight is 504 g/mol. The summed E-state index contributed by atoms with van der Waals surface area (Å²) in [5.41, 5.74) is 2.09. The number of aryl methyl sites for hydroxylation is 2. The summed E-state index contributed by atoms with van der Waals surface area (Å²) in [6.45, 7) is 2.69. The summed E-state index contributed by atoms with van der Waals surface area (Å²) in [6, 6.07) is 20.3. The minimum absolute atomic E-state index is 0.0773. The molecule has 0 saturated heterocycles. The van der Waals surface area contributed by atoms with Crippen LogP contribution in [-0.4, -0.2) is 42.0 Å². The largest absolute Gasteiger partial charge is 0.349 e. The first-order valence-corrected chi connectivity index (χ1v) is 13.2. The summed E-state index contributed by atoms with van der Waals surface area (Å²) >= 11 is 0. The number of benzene rings is 3. The summed E-state index contributed by atoms with van der Waals surface area (Å²) in [6.07, 6.45) is -1.31. The third kappa shape index (κ3) is 6.97. The van der Waals surface area contributed by atoms with Crippen molar-refractivity contribution in [2.75, 3.05) is 13.2 Å². The summed E-state index contributed by atoms with van der Waals surface area (Å²) in [5, 5.41) is 2.56. The highest BCUT2D eigenvalue weighted by Gasteiger charge is 2.26. The van der Waals surface area contributed by atoms with Gasteiger partial charge in [0.25, 0.3) is 26.1 Å². The molecular formula is C24H25NO7S2. The normalized spacial score (nSPS) is 12.8. The lowest BCUT2D eigenvalue weighted by Crippen LogP contribution is -2.38. The minimum atomic E-state index is -4.25. The van der Waals surface area contributed by atoms with Crippen LogP contribution in [0, 0.1) is 13.8 Å². The number of amides is 1. The fourth-order valence-electron chi connectivity index (χ4n) is 2.90. The van der Waals surface area contributed by atoms with Gasteiger partial charge in [-0.05, 0) is 50.2 Å². The lowest BCUT2D eigenvalue weighted by Gasteiger charge is -2.18. The van der Waals surface area contributed by atoms with E-state index in [9.17, 15) is 21.6 Å². The summed E-state index contributed by atoms with van der Waals surface area (Å²) in [5.74, 6) is -0.469. The van der Waals surface area contributed by atoms with Crippen molar-refractivity contribution < 1.29 is 30.0 Å². The van der Waals surface area contributed by atoms with Crippen LogP contribution in [0.4, 0.5) is 0 Å². The minimum Gasteiger partial charge on any atom is -0.349 e. The Morgan fingerprint density at radius 3 is 1.79 bits per heavy atom. The first kappa shape index (κ1) is 25.6. The summed E-state index contributed by atoms with van der Waals surface area (Å²) in [7, 11) is -8.43. The van der Waals surface area contributed by atoms with E-state index in [0.717, 1.165) is 11.1 Å². The molecule has 0 aromatic heterocycles. The van der Waals surface area contributed by atoms with Gasteiger partial charge in [0.1, 0.15) is 6.10 Å². The van der Waals surface area contributed by atoms with E-state index in [1.807, 2.05) is 13.8 Å². The molecule has 0 radical (unpaired) electrons. The van der Waals surface area contributed by atoms with Gasteiger partial charge in [0.15, 0.2) is 0 Å². The van der Waals surface area contributed by atoms with Gasteiger partial charge < -0.3 is 5.32 Å². The van der Waals surface area contributed by atoms with E-state index >= 15 is 0 Å². The fourth-order valence-corrected chi connectivity index (χ4v) is 4.90. The van der Waals surface area contributed by atoms with Crippen molar-refractivity contribution in [1.29, 1.82) is 0 Å². The van der Waals surface area contributed by atoms with Crippen LogP contribution in [0.25, 0.3) is 0 Å². The molecule has 0 bridgehead atoms. The van der Waals surface area contributed by atoms with E-state index in [-0.39, 0.29) is 16.3 Å². The second-order valence-electron chi connectivity index (χ2n) is 7.61. The van der Waals surface area contributed by atoms with Crippen molar-refractivity contribution >= 4 is 26.1 Å². The molecule has 1 atom stereocenters. The van der Waals surface area contributed by atoms with Gasteiger partial charge in [-0.25, -0.2) is 0 Å². The van der Waals surface area contributed by atoms with Crippen LogP contribution >= 0.6 is 0 Å².